The maximum Gasteiger partial charge on any atom is 0.405 e. The Hall–Kier alpha value is -2.03. The minimum absolute atomic E-state index is 0.0897. The molecule has 0 aliphatic heterocycles. The first-order valence-corrected chi connectivity index (χ1v) is 5.48. The zero-order valence-electron chi connectivity index (χ0n) is 10.2. The Morgan fingerprint density at radius 1 is 1.35 bits per heavy atom. The van der Waals surface area contributed by atoms with Crippen molar-refractivity contribution in [2.24, 2.45) is 10.9 Å². The summed E-state index contributed by atoms with van der Waals surface area (Å²) < 4.78 is 50.7. The molecular weight excluding hydrogens is 282 g/mol. The third kappa shape index (κ3) is 4.26. The Labute approximate surface area is 111 Å². The molecule has 4 N–H and O–H groups in total. The summed E-state index contributed by atoms with van der Waals surface area (Å²) in [7, 11) is 0. The molecule has 0 aliphatic carbocycles. The van der Waals surface area contributed by atoms with Gasteiger partial charge in [-0.3, -0.25) is 0 Å². The van der Waals surface area contributed by atoms with Crippen LogP contribution in [-0.2, 0) is 0 Å². The number of benzene rings is 1. The molecule has 0 aromatic heterocycles. The number of nitrogens with zero attached hydrogens (tertiary/aromatic N) is 2. The number of hydrogen-bond donors (Lipinski definition) is 3. The summed E-state index contributed by atoms with van der Waals surface area (Å²) in [4.78, 5) is 0.771. The molecule has 20 heavy (non-hydrogen) atoms. The molecule has 0 radical (unpaired) electrons. The van der Waals surface area contributed by atoms with E-state index in [1.165, 1.54) is 0 Å². The summed E-state index contributed by atoms with van der Waals surface area (Å²) in [5.74, 6) is -1.27. The first-order chi connectivity index (χ1) is 9.28. The van der Waals surface area contributed by atoms with E-state index >= 15 is 0 Å². The maximum atomic E-state index is 13.1. The fraction of sp³-hybridized carbons (Fsp3) is 0.364. The van der Waals surface area contributed by atoms with E-state index in [0.29, 0.717) is 0 Å². The second kappa shape index (κ2) is 6.42. The number of anilines is 1. The molecule has 1 rings (SSSR count). The lowest BCUT2D eigenvalue weighted by atomic mass is 10.1. The van der Waals surface area contributed by atoms with Crippen LogP contribution >= 0.6 is 0 Å². The van der Waals surface area contributed by atoms with Crippen LogP contribution in [0.15, 0.2) is 23.4 Å². The van der Waals surface area contributed by atoms with Crippen LogP contribution in [0.2, 0.25) is 0 Å². The molecule has 0 heterocycles. The van der Waals surface area contributed by atoms with Crippen molar-refractivity contribution in [2.45, 2.75) is 6.18 Å². The Balaban J connectivity index is 3.25. The molecule has 5 nitrogen and oxygen atoms in total. The van der Waals surface area contributed by atoms with Crippen LogP contribution in [-0.4, -0.2) is 42.0 Å². The van der Waals surface area contributed by atoms with Gasteiger partial charge >= 0.3 is 6.18 Å². The molecule has 0 amide bonds. The summed E-state index contributed by atoms with van der Waals surface area (Å²) in [6, 6.07) is 2.87. The quantitative estimate of drug-likeness (QED) is 0.251. The van der Waals surface area contributed by atoms with Crippen molar-refractivity contribution in [2.75, 3.05) is 24.6 Å². The summed E-state index contributed by atoms with van der Waals surface area (Å²) in [6.07, 6.45) is -4.52. The summed E-state index contributed by atoms with van der Waals surface area (Å²) >= 11 is 0. The van der Waals surface area contributed by atoms with E-state index < -0.39 is 31.0 Å². The van der Waals surface area contributed by atoms with Crippen LogP contribution in [0, 0.1) is 5.82 Å². The minimum atomic E-state index is -4.52. The summed E-state index contributed by atoms with van der Waals surface area (Å²) in [5, 5.41) is 20.1. The van der Waals surface area contributed by atoms with Crippen LogP contribution in [0.1, 0.15) is 5.56 Å². The van der Waals surface area contributed by atoms with E-state index in [9.17, 15) is 17.6 Å². The highest BCUT2D eigenvalue weighted by Gasteiger charge is 2.31. The SMILES string of the molecule is N/C(=N/O)c1cc(F)ccc1N(CCO)CC(F)(F)F. The van der Waals surface area contributed by atoms with Crippen molar-refractivity contribution in [3.8, 4) is 0 Å². The maximum absolute atomic E-state index is 13.1. The van der Waals surface area contributed by atoms with E-state index in [2.05, 4.69) is 5.16 Å². The monoisotopic (exact) mass is 295 g/mol. The van der Waals surface area contributed by atoms with Gasteiger partial charge in [-0.25, -0.2) is 4.39 Å². The number of hydrogen-bond acceptors (Lipinski definition) is 4. The Morgan fingerprint density at radius 3 is 2.50 bits per heavy atom. The lowest BCUT2D eigenvalue weighted by molar-refractivity contribution is -0.119. The highest BCUT2D eigenvalue weighted by molar-refractivity contribution is 6.02. The van der Waals surface area contributed by atoms with E-state index in [0.717, 1.165) is 23.1 Å². The van der Waals surface area contributed by atoms with Gasteiger partial charge in [0.05, 0.1) is 6.61 Å². The van der Waals surface area contributed by atoms with Crippen molar-refractivity contribution < 1.29 is 27.9 Å². The third-order valence-corrected chi connectivity index (χ3v) is 2.42. The number of oxime groups is 1. The smallest absolute Gasteiger partial charge is 0.405 e. The molecule has 0 atom stereocenters. The standard InChI is InChI=1S/C11H13F4N3O2/c12-7-1-2-9(8(5-7)10(16)17-20)18(3-4-19)6-11(13,14)15/h1-2,5,19-20H,3-4,6H2,(H2,16,17). The molecule has 0 saturated heterocycles. The van der Waals surface area contributed by atoms with E-state index in [-0.39, 0.29) is 17.8 Å². The van der Waals surface area contributed by atoms with Crippen LogP contribution in [0.3, 0.4) is 0 Å². The lowest BCUT2D eigenvalue weighted by Gasteiger charge is -2.27. The largest absolute Gasteiger partial charge is 0.409 e. The van der Waals surface area contributed by atoms with Crippen molar-refractivity contribution in [1.82, 2.24) is 0 Å². The van der Waals surface area contributed by atoms with Crippen molar-refractivity contribution in [3.63, 3.8) is 0 Å². The minimum Gasteiger partial charge on any atom is -0.409 e. The number of aliphatic hydroxyl groups is 1. The van der Waals surface area contributed by atoms with E-state index in [4.69, 9.17) is 16.0 Å². The average molecular weight is 295 g/mol. The number of nitrogens with two attached hydrogens (primary N) is 1. The Morgan fingerprint density at radius 2 is 2.00 bits per heavy atom. The molecule has 0 unspecified atom stereocenters. The molecule has 0 fully saturated rings. The van der Waals surface area contributed by atoms with Gasteiger partial charge in [0.25, 0.3) is 0 Å². The third-order valence-electron chi connectivity index (χ3n) is 2.42. The molecule has 0 bridgehead atoms. The zero-order valence-corrected chi connectivity index (χ0v) is 10.2. The van der Waals surface area contributed by atoms with Gasteiger partial charge in [-0.2, -0.15) is 13.2 Å². The number of amidine groups is 1. The highest BCUT2D eigenvalue weighted by Crippen LogP contribution is 2.26. The molecule has 0 aliphatic rings. The molecule has 9 heteroatoms. The molecular formula is C11H13F4N3O2. The second-order valence-corrected chi connectivity index (χ2v) is 3.91. The Bertz CT molecular complexity index is 491. The number of aliphatic hydroxyl groups excluding tert-OH is 1. The van der Waals surface area contributed by atoms with Gasteiger partial charge in [0, 0.05) is 17.8 Å². The fourth-order valence-electron chi connectivity index (χ4n) is 1.66. The van der Waals surface area contributed by atoms with Gasteiger partial charge in [0.2, 0.25) is 0 Å². The van der Waals surface area contributed by atoms with Crippen molar-refractivity contribution in [3.05, 3.63) is 29.6 Å². The van der Waals surface area contributed by atoms with E-state index in [1.807, 2.05) is 0 Å². The molecule has 0 saturated carbocycles. The molecule has 112 valence electrons. The summed E-state index contributed by atoms with van der Waals surface area (Å²) in [5.41, 5.74) is 5.05. The first kappa shape index (κ1) is 16.0. The van der Waals surface area contributed by atoms with Crippen LogP contribution in [0.4, 0.5) is 23.2 Å². The molecule has 0 spiro atoms. The van der Waals surface area contributed by atoms with Crippen LogP contribution < -0.4 is 10.6 Å². The first-order valence-electron chi connectivity index (χ1n) is 5.48. The van der Waals surface area contributed by atoms with Crippen molar-refractivity contribution >= 4 is 11.5 Å². The predicted molar refractivity (Wildman–Crippen MR) is 64.3 cm³/mol. The Kier molecular flexibility index (Phi) is 5.14. The second-order valence-electron chi connectivity index (χ2n) is 3.91. The number of alkyl halides is 3. The van der Waals surface area contributed by atoms with Gasteiger partial charge in [0.1, 0.15) is 12.4 Å². The molecule has 1 aromatic carbocycles. The van der Waals surface area contributed by atoms with Gasteiger partial charge in [0.15, 0.2) is 5.84 Å². The van der Waals surface area contributed by atoms with E-state index in [1.54, 1.807) is 0 Å². The highest BCUT2D eigenvalue weighted by atomic mass is 19.4. The van der Waals surface area contributed by atoms with Crippen LogP contribution in [0.25, 0.3) is 0 Å². The van der Waals surface area contributed by atoms with Gasteiger partial charge in [-0.05, 0) is 18.2 Å². The predicted octanol–water partition coefficient (Wildman–Crippen LogP) is 1.28. The van der Waals surface area contributed by atoms with Gasteiger partial charge < -0.3 is 20.9 Å². The van der Waals surface area contributed by atoms with Gasteiger partial charge in [-0.15, -0.1) is 0 Å². The topological polar surface area (TPSA) is 82.1 Å². The summed E-state index contributed by atoms with van der Waals surface area (Å²) in [6.45, 7) is -2.23. The van der Waals surface area contributed by atoms with Crippen LogP contribution in [0.5, 0.6) is 0 Å². The average Bonchev–Trinajstić information content (AvgIpc) is 2.35. The fourth-order valence-corrected chi connectivity index (χ4v) is 1.66. The number of rotatable bonds is 5. The van der Waals surface area contributed by atoms with Crippen molar-refractivity contribution in [1.29, 1.82) is 0 Å². The zero-order chi connectivity index (χ0) is 15.3. The lowest BCUT2D eigenvalue weighted by Crippen LogP contribution is -2.37. The number of halogens is 4. The normalized spacial score (nSPS) is 12.6. The molecule has 1 aromatic rings. The van der Waals surface area contributed by atoms with Gasteiger partial charge in [-0.1, -0.05) is 5.16 Å².